The molecular weight excluding hydrogens is 256 g/mol. The van der Waals surface area contributed by atoms with E-state index in [1.807, 2.05) is 5.38 Å². The zero-order valence-electron chi connectivity index (χ0n) is 9.57. The zero-order valence-corrected chi connectivity index (χ0v) is 11.1. The number of nitrogens with one attached hydrogen (secondary N) is 2. The van der Waals surface area contributed by atoms with E-state index in [0.29, 0.717) is 16.8 Å². The molecular formula is C11H13ClN4S. The minimum atomic E-state index is 0.165. The SMILES string of the molecule is CNc1ncc(Cl)c(NC(C)c2ccsc2)n1. The lowest BCUT2D eigenvalue weighted by molar-refractivity contribution is 0.878. The van der Waals surface area contributed by atoms with Crippen molar-refractivity contribution in [2.24, 2.45) is 0 Å². The number of nitrogens with zero attached hydrogens (tertiary/aromatic N) is 2. The van der Waals surface area contributed by atoms with E-state index < -0.39 is 0 Å². The van der Waals surface area contributed by atoms with Crippen molar-refractivity contribution < 1.29 is 0 Å². The number of hydrogen-bond donors (Lipinski definition) is 2. The predicted octanol–water partition coefficient (Wildman–Crippen LogP) is 3.41. The second-order valence-corrected chi connectivity index (χ2v) is 4.75. The Morgan fingerprint density at radius 1 is 1.47 bits per heavy atom. The normalized spacial score (nSPS) is 12.2. The van der Waals surface area contributed by atoms with Crippen molar-refractivity contribution in [3.8, 4) is 0 Å². The number of halogens is 1. The molecule has 0 radical (unpaired) electrons. The average molecular weight is 269 g/mol. The van der Waals surface area contributed by atoms with E-state index in [9.17, 15) is 0 Å². The minimum absolute atomic E-state index is 0.165. The van der Waals surface area contributed by atoms with E-state index in [2.05, 4.69) is 39.0 Å². The summed E-state index contributed by atoms with van der Waals surface area (Å²) in [4.78, 5) is 8.31. The van der Waals surface area contributed by atoms with Gasteiger partial charge in [0.15, 0.2) is 5.82 Å². The summed E-state index contributed by atoms with van der Waals surface area (Å²) in [6, 6.07) is 2.24. The van der Waals surface area contributed by atoms with Crippen LogP contribution < -0.4 is 10.6 Å². The molecule has 0 saturated heterocycles. The highest BCUT2D eigenvalue weighted by atomic mass is 35.5. The Balaban J connectivity index is 2.18. The molecule has 4 nitrogen and oxygen atoms in total. The molecule has 1 unspecified atom stereocenters. The summed E-state index contributed by atoms with van der Waals surface area (Å²) >= 11 is 7.72. The predicted molar refractivity (Wildman–Crippen MR) is 72.9 cm³/mol. The van der Waals surface area contributed by atoms with Gasteiger partial charge >= 0.3 is 0 Å². The fourth-order valence-electron chi connectivity index (χ4n) is 1.40. The Labute approximate surface area is 109 Å². The first-order valence-electron chi connectivity index (χ1n) is 5.19. The number of thiophene rings is 1. The molecule has 0 aromatic carbocycles. The first kappa shape index (κ1) is 12.1. The Morgan fingerprint density at radius 2 is 2.29 bits per heavy atom. The van der Waals surface area contributed by atoms with Crippen molar-refractivity contribution in [3.63, 3.8) is 0 Å². The van der Waals surface area contributed by atoms with Crippen LogP contribution in [0.1, 0.15) is 18.5 Å². The number of rotatable bonds is 4. The van der Waals surface area contributed by atoms with E-state index in [1.54, 1.807) is 24.6 Å². The van der Waals surface area contributed by atoms with Crippen LogP contribution >= 0.6 is 22.9 Å². The van der Waals surface area contributed by atoms with Crippen LogP contribution in [0.2, 0.25) is 5.02 Å². The molecule has 6 heteroatoms. The Morgan fingerprint density at radius 3 is 2.94 bits per heavy atom. The smallest absolute Gasteiger partial charge is 0.224 e. The van der Waals surface area contributed by atoms with Crippen molar-refractivity contribution >= 4 is 34.7 Å². The van der Waals surface area contributed by atoms with Crippen molar-refractivity contribution in [1.82, 2.24) is 9.97 Å². The van der Waals surface area contributed by atoms with Crippen molar-refractivity contribution in [1.29, 1.82) is 0 Å². The maximum Gasteiger partial charge on any atom is 0.224 e. The molecule has 2 rings (SSSR count). The van der Waals surface area contributed by atoms with Crippen LogP contribution in [0.3, 0.4) is 0 Å². The van der Waals surface area contributed by atoms with Crippen LogP contribution in [-0.2, 0) is 0 Å². The fraction of sp³-hybridized carbons (Fsp3) is 0.273. The molecule has 0 bridgehead atoms. The summed E-state index contributed by atoms with van der Waals surface area (Å²) in [6.45, 7) is 2.07. The maximum absolute atomic E-state index is 6.05. The molecule has 2 heterocycles. The van der Waals surface area contributed by atoms with E-state index >= 15 is 0 Å². The molecule has 0 aliphatic rings. The third kappa shape index (κ3) is 2.87. The standard InChI is InChI=1S/C11H13ClN4S/c1-7(8-3-4-17-6-8)15-10-9(12)5-14-11(13-2)16-10/h3-7H,1-2H3,(H2,13,14,15,16). The highest BCUT2D eigenvalue weighted by Crippen LogP contribution is 2.25. The van der Waals surface area contributed by atoms with Gasteiger partial charge in [-0.05, 0) is 29.3 Å². The summed E-state index contributed by atoms with van der Waals surface area (Å²) in [7, 11) is 1.77. The van der Waals surface area contributed by atoms with Crippen molar-refractivity contribution in [2.45, 2.75) is 13.0 Å². The summed E-state index contributed by atoms with van der Waals surface area (Å²) in [5.74, 6) is 1.19. The van der Waals surface area contributed by atoms with Crippen molar-refractivity contribution in [3.05, 3.63) is 33.6 Å². The van der Waals surface area contributed by atoms with E-state index in [-0.39, 0.29) is 6.04 Å². The first-order chi connectivity index (χ1) is 8.20. The van der Waals surface area contributed by atoms with Crippen LogP contribution in [-0.4, -0.2) is 17.0 Å². The lowest BCUT2D eigenvalue weighted by Gasteiger charge is -2.14. The van der Waals surface area contributed by atoms with Gasteiger partial charge in [-0.3, -0.25) is 0 Å². The van der Waals surface area contributed by atoms with Gasteiger partial charge in [0.1, 0.15) is 5.02 Å². The van der Waals surface area contributed by atoms with Gasteiger partial charge in [0.2, 0.25) is 5.95 Å². The zero-order chi connectivity index (χ0) is 12.3. The molecule has 0 aliphatic heterocycles. The molecule has 2 aromatic heterocycles. The quantitative estimate of drug-likeness (QED) is 0.892. The summed E-state index contributed by atoms with van der Waals surface area (Å²) in [5.41, 5.74) is 1.22. The average Bonchev–Trinajstić information content (AvgIpc) is 2.85. The van der Waals surface area contributed by atoms with Gasteiger partial charge in [-0.1, -0.05) is 11.6 Å². The summed E-state index contributed by atoms with van der Waals surface area (Å²) in [5, 5.41) is 10.8. The third-order valence-corrected chi connectivity index (χ3v) is 3.34. The summed E-state index contributed by atoms with van der Waals surface area (Å²) in [6.07, 6.45) is 1.59. The van der Waals surface area contributed by atoms with Gasteiger partial charge in [0, 0.05) is 7.05 Å². The molecule has 17 heavy (non-hydrogen) atoms. The number of hydrogen-bond acceptors (Lipinski definition) is 5. The fourth-order valence-corrected chi connectivity index (χ4v) is 2.30. The maximum atomic E-state index is 6.05. The van der Waals surface area contributed by atoms with E-state index in [0.717, 1.165) is 0 Å². The Bertz CT molecular complexity index is 486. The van der Waals surface area contributed by atoms with E-state index in [1.165, 1.54) is 5.56 Å². The van der Waals surface area contributed by atoms with Crippen LogP contribution in [0.15, 0.2) is 23.0 Å². The molecule has 0 spiro atoms. The van der Waals surface area contributed by atoms with E-state index in [4.69, 9.17) is 11.6 Å². The monoisotopic (exact) mass is 268 g/mol. The van der Waals surface area contributed by atoms with Gasteiger partial charge in [0.25, 0.3) is 0 Å². The molecule has 2 aromatic rings. The molecule has 0 saturated carbocycles. The number of anilines is 2. The second kappa shape index (κ2) is 5.33. The van der Waals surface area contributed by atoms with Gasteiger partial charge in [0.05, 0.1) is 12.2 Å². The van der Waals surface area contributed by atoms with Crippen LogP contribution in [0.4, 0.5) is 11.8 Å². The lowest BCUT2D eigenvalue weighted by atomic mass is 10.2. The Kier molecular flexibility index (Phi) is 3.81. The van der Waals surface area contributed by atoms with Crippen LogP contribution in [0.25, 0.3) is 0 Å². The minimum Gasteiger partial charge on any atom is -0.362 e. The highest BCUT2D eigenvalue weighted by Gasteiger charge is 2.10. The van der Waals surface area contributed by atoms with Gasteiger partial charge in [-0.15, -0.1) is 0 Å². The molecule has 0 amide bonds. The van der Waals surface area contributed by atoms with Crippen molar-refractivity contribution in [2.75, 3.05) is 17.7 Å². The molecule has 2 N–H and O–H groups in total. The van der Waals surface area contributed by atoms with Crippen LogP contribution in [0, 0.1) is 0 Å². The summed E-state index contributed by atoms with van der Waals surface area (Å²) < 4.78 is 0. The Hall–Kier alpha value is -1.33. The number of aromatic nitrogens is 2. The molecule has 1 atom stereocenters. The topological polar surface area (TPSA) is 49.8 Å². The van der Waals surface area contributed by atoms with Gasteiger partial charge in [-0.2, -0.15) is 16.3 Å². The lowest BCUT2D eigenvalue weighted by Crippen LogP contribution is -2.09. The largest absolute Gasteiger partial charge is 0.362 e. The third-order valence-electron chi connectivity index (χ3n) is 2.36. The first-order valence-corrected chi connectivity index (χ1v) is 6.51. The molecule has 0 aliphatic carbocycles. The molecule has 90 valence electrons. The van der Waals surface area contributed by atoms with Crippen LogP contribution in [0.5, 0.6) is 0 Å². The second-order valence-electron chi connectivity index (χ2n) is 3.56. The van der Waals surface area contributed by atoms with Gasteiger partial charge in [-0.25, -0.2) is 4.98 Å². The molecule has 0 fully saturated rings. The highest BCUT2D eigenvalue weighted by molar-refractivity contribution is 7.07. The van der Waals surface area contributed by atoms with Gasteiger partial charge < -0.3 is 10.6 Å².